The molecule has 0 aliphatic heterocycles. The summed E-state index contributed by atoms with van der Waals surface area (Å²) in [6, 6.07) is 5.53. The van der Waals surface area contributed by atoms with Crippen LogP contribution in [0.1, 0.15) is 167 Å². The summed E-state index contributed by atoms with van der Waals surface area (Å²) in [6.45, 7) is 6.99. The molecule has 0 unspecified atom stereocenters. The Hall–Kier alpha value is -1.79. The quantitative estimate of drug-likeness (QED) is 0.0734. The lowest BCUT2D eigenvalue weighted by atomic mass is 10.1. The summed E-state index contributed by atoms with van der Waals surface area (Å²) in [5, 5.41) is 3.00. The van der Waals surface area contributed by atoms with Crippen LogP contribution in [-0.4, -0.2) is 31.7 Å². The largest absolute Gasteiger partial charge is 0.493 e. The number of nitrogens with one attached hydrogen (secondary N) is 1. The molecule has 0 aromatic heterocycles. The van der Waals surface area contributed by atoms with E-state index in [0.717, 1.165) is 42.7 Å². The Morgan fingerprint density at radius 1 is 0.628 bits per heavy atom. The van der Waals surface area contributed by atoms with Crippen molar-refractivity contribution in [3.05, 3.63) is 23.8 Å². The minimum atomic E-state index is -0.505. The van der Waals surface area contributed by atoms with Crippen LogP contribution in [0.2, 0.25) is 0 Å². The van der Waals surface area contributed by atoms with Crippen LogP contribution in [0.15, 0.2) is 18.2 Å². The molecule has 250 valence electrons. The van der Waals surface area contributed by atoms with Gasteiger partial charge >= 0.3 is 0 Å². The lowest BCUT2D eigenvalue weighted by Gasteiger charge is -2.15. The van der Waals surface area contributed by atoms with Gasteiger partial charge in [-0.25, -0.2) is 0 Å². The van der Waals surface area contributed by atoms with E-state index in [9.17, 15) is 4.79 Å². The third kappa shape index (κ3) is 23.3. The van der Waals surface area contributed by atoms with Gasteiger partial charge < -0.3 is 26.3 Å². The molecular formula is C37H69N3O3. The van der Waals surface area contributed by atoms with Crippen molar-refractivity contribution >= 4 is 5.91 Å². The fourth-order valence-corrected chi connectivity index (χ4v) is 5.42. The van der Waals surface area contributed by atoms with Crippen molar-refractivity contribution < 1.29 is 14.3 Å². The van der Waals surface area contributed by atoms with Crippen molar-refractivity contribution in [2.75, 3.05) is 19.8 Å². The van der Waals surface area contributed by atoms with E-state index in [1.54, 1.807) is 0 Å². The van der Waals surface area contributed by atoms with Gasteiger partial charge in [0.15, 0.2) is 0 Å². The second-order valence-electron chi connectivity index (χ2n) is 12.5. The Balaban J connectivity index is 2.46. The molecule has 0 saturated carbocycles. The number of hydrogen-bond acceptors (Lipinski definition) is 5. The van der Waals surface area contributed by atoms with E-state index in [-0.39, 0.29) is 5.91 Å². The standard InChI is InChI=1S/C37H69N3O3/c1-3-5-7-9-11-13-15-17-19-23-27-42-34-29-33(32-40-37(41)36(39)25-21-22-26-38)30-35(31-34)43-28-24-20-18-16-14-12-10-8-6-4-2/h29-31,36H,3-28,32,38-39H2,1-2H3,(H,40,41)/t36-/m0/s1. The number of hydrogen-bond donors (Lipinski definition) is 3. The van der Waals surface area contributed by atoms with Gasteiger partial charge in [0.2, 0.25) is 5.91 Å². The van der Waals surface area contributed by atoms with Crippen molar-refractivity contribution in [2.24, 2.45) is 11.5 Å². The van der Waals surface area contributed by atoms with E-state index < -0.39 is 6.04 Å². The average molecular weight is 604 g/mol. The maximum atomic E-state index is 12.5. The fraction of sp³-hybridized carbons (Fsp3) is 0.811. The highest BCUT2D eigenvalue weighted by Gasteiger charge is 2.13. The second-order valence-corrected chi connectivity index (χ2v) is 12.5. The van der Waals surface area contributed by atoms with Gasteiger partial charge in [0.05, 0.1) is 19.3 Å². The van der Waals surface area contributed by atoms with Crippen molar-refractivity contribution in [3.63, 3.8) is 0 Å². The molecule has 0 spiro atoms. The smallest absolute Gasteiger partial charge is 0.237 e. The molecule has 0 aliphatic rings. The zero-order chi connectivity index (χ0) is 31.2. The number of benzene rings is 1. The molecule has 1 amide bonds. The number of carbonyl (C=O) groups is 1. The van der Waals surface area contributed by atoms with Crippen molar-refractivity contribution in [1.29, 1.82) is 0 Å². The van der Waals surface area contributed by atoms with E-state index in [2.05, 4.69) is 19.2 Å². The third-order valence-corrected chi connectivity index (χ3v) is 8.25. The highest BCUT2D eigenvalue weighted by atomic mass is 16.5. The first-order valence-corrected chi connectivity index (χ1v) is 18.2. The van der Waals surface area contributed by atoms with Crippen LogP contribution in [0.25, 0.3) is 0 Å². The zero-order valence-electron chi connectivity index (χ0n) is 28.3. The summed E-state index contributed by atoms with van der Waals surface area (Å²) in [6.07, 6.45) is 28.5. The number of unbranched alkanes of at least 4 members (excludes halogenated alkanes) is 19. The Bertz CT molecular complexity index is 729. The van der Waals surface area contributed by atoms with Gasteiger partial charge in [-0.3, -0.25) is 4.79 Å². The molecular weight excluding hydrogens is 534 g/mol. The Morgan fingerprint density at radius 2 is 1.05 bits per heavy atom. The van der Waals surface area contributed by atoms with E-state index in [1.807, 2.05) is 18.2 Å². The second kappa shape index (κ2) is 29.0. The molecule has 43 heavy (non-hydrogen) atoms. The van der Waals surface area contributed by atoms with Crippen LogP contribution in [0, 0.1) is 0 Å². The highest BCUT2D eigenvalue weighted by molar-refractivity contribution is 5.81. The average Bonchev–Trinajstić information content (AvgIpc) is 3.01. The molecule has 6 nitrogen and oxygen atoms in total. The first-order valence-electron chi connectivity index (χ1n) is 18.2. The van der Waals surface area contributed by atoms with Gasteiger partial charge in [0.25, 0.3) is 0 Å². The predicted octanol–water partition coefficient (Wildman–Crippen LogP) is 9.36. The van der Waals surface area contributed by atoms with Crippen LogP contribution in [-0.2, 0) is 11.3 Å². The van der Waals surface area contributed by atoms with Gasteiger partial charge in [0, 0.05) is 12.6 Å². The topological polar surface area (TPSA) is 99.6 Å². The van der Waals surface area contributed by atoms with Gasteiger partial charge in [0.1, 0.15) is 11.5 Å². The van der Waals surface area contributed by atoms with E-state index >= 15 is 0 Å². The maximum Gasteiger partial charge on any atom is 0.237 e. The van der Waals surface area contributed by atoms with Gasteiger partial charge in [-0.1, -0.05) is 136 Å². The highest BCUT2D eigenvalue weighted by Crippen LogP contribution is 2.24. The lowest BCUT2D eigenvalue weighted by molar-refractivity contribution is -0.122. The molecule has 1 aromatic carbocycles. The summed E-state index contributed by atoms with van der Waals surface area (Å²) in [5.41, 5.74) is 12.6. The number of rotatable bonds is 31. The molecule has 0 saturated heterocycles. The number of amides is 1. The molecule has 0 fully saturated rings. The number of ether oxygens (including phenoxy) is 2. The Morgan fingerprint density at radius 3 is 1.47 bits per heavy atom. The predicted molar refractivity (Wildman–Crippen MR) is 184 cm³/mol. The van der Waals surface area contributed by atoms with Crippen molar-refractivity contribution in [1.82, 2.24) is 5.32 Å². The maximum absolute atomic E-state index is 12.5. The monoisotopic (exact) mass is 604 g/mol. The van der Waals surface area contributed by atoms with Crippen molar-refractivity contribution in [3.8, 4) is 11.5 Å². The molecule has 6 heteroatoms. The SMILES string of the molecule is CCCCCCCCCCCCOc1cc(CNC(=O)[C@@H](N)CCCCN)cc(OCCCCCCCCCCCC)c1. The minimum Gasteiger partial charge on any atom is -0.493 e. The summed E-state index contributed by atoms with van der Waals surface area (Å²) < 4.78 is 12.3. The van der Waals surface area contributed by atoms with E-state index in [1.165, 1.54) is 116 Å². The van der Waals surface area contributed by atoms with Gasteiger partial charge in [-0.05, 0) is 49.9 Å². The van der Waals surface area contributed by atoms with Crippen LogP contribution in [0.5, 0.6) is 11.5 Å². The van der Waals surface area contributed by atoms with E-state index in [0.29, 0.717) is 32.7 Å². The first kappa shape index (κ1) is 39.2. The van der Waals surface area contributed by atoms with Crippen LogP contribution in [0.3, 0.4) is 0 Å². The molecule has 0 heterocycles. The zero-order valence-corrected chi connectivity index (χ0v) is 28.3. The molecule has 1 atom stereocenters. The Labute approximate surface area is 265 Å². The van der Waals surface area contributed by atoms with Crippen LogP contribution < -0.4 is 26.3 Å². The molecule has 1 aromatic rings. The molecule has 5 N–H and O–H groups in total. The fourth-order valence-electron chi connectivity index (χ4n) is 5.42. The summed E-state index contributed by atoms with van der Waals surface area (Å²) >= 11 is 0. The van der Waals surface area contributed by atoms with Crippen LogP contribution >= 0.6 is 0 Å². The lowest BCUT2D eigenvalue weighted by Crippen LogP contribution is -2.40. The van der Waals surface area contributed by atoms with Crippen molar-refractivity contribution in [2.45, 2.75) is 174 Å². The molecule has 0 aliphatic carbocycles. The van der Waals surface area contributed by atoms with Gasteiger partial charge in [-0.15, -0.1) is 0 Å². The summed E-state index contributed by atoms with van der Waals surface area (Å²) in [5.74, 6) is 1.50. The minimum absolute atomic E-state index is 0.124. The molecule has 1 rings (SSSR count). The number of nitrogens with two attached hydrogens (primary N) is 2. The van der Waals surface area contributed by atoms with Crippen LogP contribution in [0.4, 0.5) is 0 Å². The van der Waals surface area contributed by atoms with E-state index in [4.69, 9.17) is 20.9 Å². The summed E-state index contributed by atoms with van der Waals surface area (Å²) in [7, 11) is 0. The number of carbonyl (C=O) groups excluding carboxylic acids is 1. The van der Waals surface area contributed by atoms with Gasteiger partial charge in [-0.2, -0.15) is 0 Å². The Kier molecular flexibility index (Phi) is 26.4. The third-order valence-electron chi connectivity index (χ3n) is 8.25. The normalized spacial score (nSPS) is 11.9. The first-order chi connectivity index (χ1) is 21.1. The summed E-state index contributed by atoms with van der Waals surface area (Å²) in [4.78, 5) is 12.5. The molecule has 0 radical (unpaired) electrons. The molecule has 0 bridgehead atoms.